The van der Waals surface area contributed by atoms with Crippen LogP contribution < -0.4 is 11.1 Å². The van der Waals surface area contributed by atoms with Gasteiger partial charge in [-0.1, -0.05) is 0 Å². The number of primary amides is 1. The van der Waals surface area contributed by atoms with Crippen LogP contribution in [-0.2, 0) is 0 Å². The molecule has 112 valence electrons. The van der Waals surface area contributed by atoms with E-state index in [2.05, 4.69) is 15.1 Å². The Balaban J connectivity index is 4.20. The maximum absolute atomic E-state index is 11.8. The number of urea groups is 2. The van der Waals surface area contributed by atoms with Crippen LogP contribution >= 0.6 is 0 Å². The minimum atomic E-state index is -0.810. The van der Waals surface area contributed by atoms with E-state index in [4.69, 9.17) is 5.73 Å². The number of nitrogens with zero attached hydrogens (tertiary/aromatic N) is 3. The van der Waals surface area contributed by atoms with Crippen molar-refractivity contribution in [1.82, 2.24) is 20.0 Å². The van der Waals surface area contributed by atoms with Crippen LogP contribution in [0.4, 0.5) is 9.59 Å². The topological polar surface area (TPSA) is 81.9 Å². The number of hydrogen-bond donors (Lipinski definition) is 2. The lowest BCUT2D eigenvalue weighted by Crippen LogP contribution is -2.46. The third-order valence-electron chi connectivity index (χ3n) is 2.58. The smallest absolute Gasteiger partial charge is 0.325 e. The molecule has 0 atom stereocenters. The fraction of sp³-hybridized carbons (Fsp3) is 0.833. The number of nitrogens with one attached hydrogen (secondary N) is 1. The maximum atomic E-state index is 11.8. The van der Waals surface area contributed by atoms with Crippen molar-refractivity contribution in [2.45, 2.75) is 12.8 Å². The Bertz CT molecular complexity index is 267. The van der Waals surface area contributed by atoms with E-state index in [1.54, 1.807) is 4.90 Å². The van der Waals surface area contributed by atoms with Gasteiger partial charge in [0.1, 0.15) is 0 Å². The van der Waals surface area contributed by atoms with Crippen LogP contribution in [0, 0.1) is 0 Å². The van der Waals surface area contributed by atoms with Gasteiger partial charge >= 0.3 is 12.1 Å². The molecule has 0 heterocycles. The van der Waals surface area contributed by atoms with Gasteiger partial charge < -0.3 is 20.4 Å². The van der Waals surface area contributed by atoms with E-state index in [0.717, 1.165) is 25.9 Å². The highest BCUT2D eigenvalue weighted by Gasteiger charge is 2.14. The summed E-state index contributed by atoms with van der Waals surface area (Å²) < 4.78 is 0. The van der Waals surface area contributed by atoms with Crippen LogP contribution in [0.25, 0.3) is 0 Å². The van der Waals surface area contributed by atoms with Gasteiger partial charge in [0.05, 0.1) is 0 Å². The minimum absolute atomic E-state index is 0.412. The van der Waals surface area contributed by atoms with Crippen molar-refractivity contribution in [2.24, 2.45) is 5.73 Å². The van der Waals surface area contributed by atoms with Crippen molar-refractivity contribution in [2.75, 3.05) is 54.4 Å². The number of carbonyl (C=O) groups is 2. The number of nitrogens with two attached hydrogens (primary N) is 1. The average Bonchev–Trinajstić information content (AvgIpc) is 2.25. The predicted molar refractivity (Wildman–Crippen MR) is 76.0 cm³/mol. The molecule has 7 heteroatoms. The van der Waals surface area contributed by atoms with Crippen molar-refractivity contribution < 1.29 is 9.59 Å². The summed E-state index contributed by atoms with van der Waals surface area (Å²) in [6.07, 6.45) is 1.72. The minimum Gasteiger partial charge on any atom is -0.351 e. The Labute approximate surface area is 115 Å². The molecule has 0 aromatic rings. The molecule has 3 N–H and O–H groups in total. The Morgan fingerprint density at radius 2 is 1.32 bits per heavy atom. The normalized spacial score (nSPS) is 10.8. The SMILES string of the molecule is CN(C)CCCN(CCCN(C)C)C(=O)NC(N)=O. The first-order chi connectivity index (χ1) is 8.82. The van der Waals surface area contributed by atoms with Gasteiger partial charge in [-0.05, 0) is 54.1 Å². The summed E-state index contributed by atoms with van der Waals surface area (Å²) in [6, 6.07) is -1.22. The zero-order chi connectivity index (χ0) is 14.8. The zero-order valence-corrected chi connectivity index (χ0v) is 12.5. The lowest BCUT2D eigenvalue weighted by molar-refractivity contribution is 0.191. The molecule has 0 bridgehead atoms. The molecule has 0 fully saturated rings. The standard InChI is InChI=1S/C12H27N5O2/c1-15(2)7-5-9-17(10-6-8-16(3)4)12(19)14-11(13)18/h5-10H2,1-4H3,(H3,13,14,18,19). The van der Waals surface area contributed by atoms with Crippen LogP contribution in [0.5, 0.6) is 0 Å². The summed E-state index contributed by atoms with van der Waals surface area (Å²) in [5.74, 6) is 0. The van der Waals surface area contributed by atoms with Gasteiger partial charge in [-0.2, -0.15) is 0 Å². The van der Waals surface area contributed by atoms with Gasteiger partial charge in [0.2, 0.25) is 0 Å². The Kier molecular flexibility index (Phi) is 8.90. The third kappa shape index (κ3) is 10.3. The van der Waals surface area contributed by atoms with Crippen LogP contribution in [0.3, 0.4) is 0 Å². The molecular formula is C12H27N5O2. The monoisotopic (exact) mass is 273 g/mol. The maximum Gasteiger partial charge on any atom is 0.325 e. The highest BCUT2D eigenvalue weighted by molar-refractivity contribution is 5.92. The molecule has 4 amide bonds. The van der Waals surface area contributed by atoms with E-state index >= 15 is 0 Å². The lowest BCUT2D eigenvalue weighted by Gasteiger charge is -2.23. The van der Waals surface area contributed by atoms with E-state index in [0.29, 0.717) is 13.1 Å². The van der Waals surface area contributed by atoms with E-state index in [9.17, 15) is 9.59 Å². The zero-order valence-electron chi connectivity index (χ0n) is 12.5. The molecular weight excluding hydrogens is 246 g/mol. The van der Waals surface area contributed by atoms with Crippen molar-refractivity contribution in [3.8, 4) is 0 Å². The predicted octanol–water partition coefficient (Wildman–Crippen LogP) is -0.0199. The summed E-state index contributed by atoms with van der Waals surface area (Å²) in [7, 11) is 7.94. The molecule has 0 saturated carbocycles. The molecule has 0 aliphatic rings. The molecule has 0 unspecified atom stereocenters. The molecule has 0 aromatic heterocycles. The van der Waals surface area contributed by atoms with Crippen LogP contribution in [-0.4, -0.2) is 81.1 Å². The van der Waals surface area contributed by atoms with Gasteiger partial charge in [0.25, 0.3) is 0 Å². The highest BCUT2D eigenvalue weighted by Crippen LogP contribution is 1.97. The second-order valence-corrected chi connectivity index (χ2v) is 5.10. The van der Waals surface area contributed by atoms with Gasteiger partial charge in [-0.25, -0.2) is 9.59 Å². The van der Waals surface area contributed by atoms with Gasteiger partial charge in [-0.15, -0.1) is 0 Å². The van der Waals surface area contributed by atoms with E-state index in [1.807, 2.05) is 28.2 Å². The van der Waals surface area contributed by atoms with Gasteiger partial charge in [0, 0.05) is 13.1 Å². The van der Waals surface area contributed by atoms with Crippen LogP contribution in [0.1, 0.15) is 12.8 Å². The number of imide groups is 1. The summed E-state index contributed by atoms with van der Waals surface area (Å²) >= 11 is 0. The number of amides is 4. The quantitative estimate of drug-likeness (QED) is 0.651. The molecule has 0 saturated heterocycles. The Morgan fingerprint density at radius 3 is 1.63 bits per heavy atom. The van der Waals surface area contributed by atoms with Crippen LogP contribution in [0.2, 0.25) is 0 Å². The Hall–Kier alpha value is -1.34. The van der Waals surface area contributed by atoms with Gasteiger partial charge in [0.15, 0.2) is 0 Å². The van der Waals surface area contributed by atoms with Crippen LogP contribution in [0.15, 0.2) is 0 Å². The first-order valence-electron chi connectivity index (χ1n) is 6.47. The highest BCUT2D eigenvalue weighted by atomic mass is 16.2. The second-order valence-electron chi connectivity index (χ2n) is 5.10. The molecule has 0 aliphatic heterocycles. The molecule has 19 heavy (non-hydrogen) atoms. The van der Waals surface area contributed by atoms with Crippen molar-refractivity contribution in [3.05, 3.63) is 0 Å². The number of carbonyl (C=O) groups excluding carboxylic acids is 2. The number of hydrogen-bond acceptors (Lipinski definition) is 4. The van der Waals surface area contributed by atoms with E-state index in [1.165, 1.54) is 0 Å². The summed E-state index contributed by atoms with van der Waals surface area (Å²) in [4.78, 5) is 28.3. The molecule has 0 spiro atoms. The van der Waals surface area contributed by atoms with Gasteiger partial charge in [-0.3, -0.25) is 5.32 Å². The van der Waals surface area contributed by atoms with Crippen molar-refractivity contribution in [1.29, 1.82) is 0 Å². The Morgan fingerprint density at radius 1 is 0.895 bits per heavy atom. The second kappa shape index (κ2) is 9.57. The largest absolute Gasteiger partial charge is 0.351 e. The van der Waals surface area contributed by atoms with E-state index < -0.39 is 12.1 Å². The molecule has 0 aliphatic carbocycles. The lowest BCUT2D eigenvalue weighted by atomic mass is 10.3. The molecule has 0 radical (unpaired) electrons. The average molecular weight is 273 g/mol. The summed E-state index contributed by atoms with van der Waals surface area (Å²) in [5.41, 5.74) is 4.97. The fourth-order valence-corrected chi connectivity index (χ4v) is 1.65. The molecule has 0 aromatic carbocycles. The van der Waals surface area contributed by atoms with Crippen molar-refractivity contribution >= 4 is 12.1 Å². The first-order valence-corrected chi connectivity index (χ1v) is 6.47. The fourth-order valence-electron chi connectivity index (χ4n) is 1.65. The van der Waals surface area contributed by atoms with Crippen molar-refractivity contribution in [3.63, 3.8) is 0 Å². The molecule has 0 rings (SSSR count). The van der Waals surface area contributed by atoms with E-state index in [-0.39, 0.29) is 0 Å². The first kappa shape index (κ1) is 17.7. The summed E-state index contributed by atoms with van der Waals surface area (Å²) in [6.45, 7) is 3.03. The molecule has 7 nitrogen and oxygen atoms in total. The number of rotatable bonds is 8. The summed E-state index contributed by atoms with van der Waals surface area (Å²) in [5, 5.41) is 2.12. The third-order valence-corrected chi connectivity index (χ3v) is 2.58.